The van der Waals surface area contributed by atoms with Crippen LogP contribution in [0.1, 0.15) is 44.9 Å². The Morgan fingerprint density at radius 3 is 2.13 bits per heavy atom. The number of carbonyl (C=O) groups excluding carboxylic acids is 1. The Kier molecular flexibility index (Phi) is 5.80. The van der Waals surface area contributed by atoms with E-state index < -0.39 is 0 Å². The predicted molar refractivity (Wildman–Crippen MR) is 91.6 cm³/mol. The monoisotopic (exact) mass is 317 g/mol. The lowest BCUT2D eigenvalue weighted by Gasteiger charge is -2.25. The second-order valence-corrected chi connectivity index (χ2v) is 6.56. The highest BCUT2D eigenvalue weighted by molar-refractivity contribution is 5.91. The van der Waals surface area contributed by atoms with Gasteiger partial charge in [0.15, 0.2) is 0 Å². The van der Waals surface area contributed by atoms with Gasteiger partial charge in [0.05, 0.1) is 24.6 Å². The van der Waals surface area contributed by atoms with Crippen LogP contribution in [0.4, 0.5) is 11.6 Å². The van der Waals surface area contributed by atoms with Gasteiger partial charge in [-0.3, -0.25) is 9.69 Å². The molecule has 1 aromatic rings. The Morgan fingerprint density at radius 2 is 1.48 bits per heavy atom. The van der Waals surface area contributed by atoms with Gasteiger partial charge < -0.3 is 10.2 Å². The minimum atomic E-state index is 0.0259. The molecule has 3 heterocycles. The summed E-state index contributed by atoms with van der Waals surface area (Å²) in [5, 5.41) is 2.91. The van der Waals surface area contributed by atoms with Gasteiger partial charge in [-0.1, -0.05) is 19.3 Å². The molecule has 0 bridgehead atoms. The van der Waals surface area contributed by atoms with Crippen molar-refractivity contribution < 1.29 is 4.79 Å². The zero-order valence-corrected chi connectivity index (χ0v) is 13.8. The first kappa shape index (κ1) is 16.2. The van der Waals surface area contributed by atoms with Crippen molar-refractivity contribution in [2.75, 3.05) is 42.9 Å². The van der Waals surface area contributed by atoms with Crippen LogP contribution in [0.2, 0.25) is 0 Å². The third-order valence-electron chi connectivity index (χ3n) is 4.63. The first-order valence-electron chi connectivity index (χ1n) is 8.90. The van der Waals surface area contributed by atoms with E-state index in [-0.39, 0.29) is 5.91 Å². The third-order valence-corrected chi connectivity index (χ3v) is 4.63. The van der Waals surface area contributed by atoms with E-state index in [1.54, 1.807) is 12.4 Å². The predicted octanol–water partition coefficient (Wildman–Crippen LogP) is 2.28. The fourth-order valence-electron chi connectivity index (χ4n) is 3.34. The fourth-order valence-corrected chi connectivity index (χ4v) is 3.34. The van der Waals surface area contributed by atoms with E-state index in [2.05, 4.69) is 25.1 Å². The molecule has 0 atom stereocenters. The molecule has 6 heteroatoms. The molecule has 0 spiro atoms. The van der Waals surface area contributed by atoms with E-state index in [0.29, 0.717) is 12.2 Å². The number of aromatic nitrogens is 2. The summed E-state index contributed by atoms with van der Waals surface area (Å²) < 4.78 is 0. The molecular weight excluding hydrogens is 290 g/mol. The van der Waals surface area contributed by atoms with Crippen molar-refractivity contribution in [3.63, 3.8) is 0 Å². The number of piperidine rings is 1. The second-order valence-electron chi connectivity index (χ2n) is 6.56. The normalized spacial score (nSPS) is 20.1. The summed E-state index contributed by atoms with van der Waals surface area (Å²) in [5.41, 5.74) is 0.686. The van der Waals surface area contributed by atoms with Crippen molar-refractivity contribution in [1.29, 1.82) is 0 Å². The molecule has 0 aromatic carbocycles. The van der Waals surface area contributed by atoms with Crippen LogP contribution in [0, 0.1) is 0 Å². The van der Waals surface area contributed by atoms with Crippen molar-refractivity contribution in [3.8, 4) is 0 Å². The Labute approximate surface area is 138 Å². The number of hydrogen-bond acceptors (Lipinski definition) is 5. The molecule has 3 rings (SSSR count). The van der Waals surface area contributed by atoms with Crippen LogP contribution in [0.5, 0.6) is 0 Å². The summed E-state index contributed by atoms with van der Waals surface area (Å²) in [7, 11) is 0. The van der Waals surface area contributed by atoms with E-state index in [0.717, 1.165) is 32.1 Å². The van der Waals surface area contributed by atoms with Crippen LogP contribution in [0.25, 0.3) is 0 Å². The van der Waals surface area contributed by atoms with E-state index >= 15 is 0 Å². The molecule has 6 nitrogen and oxygen atoms in total. The van der Waals surface area contributed by atoms with Crippen LogP contribution < -0.4 is 10.2 Å². The lowest BCUT2D eigenvalue weighted by Crippen LogP contribution is -2.36. The van der Waals surface area contributed by atoms with Gasteiger partial charge in [0.1, 0.15) is 0 Å². The molecule has 0 radical (unpaired) electrons. The molecule has 0 saturated carbocycles. The molecule has 2 saturated heterocycles. The maximum atomic E-state index is 12.1. The van der Waals surface area contributed by atoms with Gasteiger partial charge in [-0.2, -0.15) is 0 Å². The van der Waals surface area contributed by atoms with Crippen molar-refractivity contribution in [2.45, 2.75) is 44.9 Å². The average Bonchev–Trinajstić information content (AvgIpc) is 2.86. The zero-order valence-electron chi connectivity index (χ0n) is 13.8. The molecule has 2 fully saturated rings. The number of hydrogen-bond donors (Lipinski definition) is 1. The van der Waals surface area contributed by atoms with Gasteiger partial charge in [-0.05, 0) is 38.8 Å². The third kappa shape index (κ3) is 4.89. The Bertz CT molecular complexity index is 490. The minimum Gasteiger partial charge on any atom is -0.341 e. The molecule has 1 amide bonds. The van der Waals surface area contributed by atoms with E-state index in [1.807, 2.05) is 0 Å². The number of amides is 1. The quantitative estimate of drug-likeness (QED) is 0.923. The highest BCUT2D eigenvalue weighted by Crippen LogP contribution is 2.16. The van der Waals surface area contributed by atoms with Gasteiger partial charge in [0.25, 0.3) is 0 Å². The first-order valence-corrected chi connectivity index (χ1v) is 8.90. The standard InChI is InChI=1S/C17H27N5O/c23-16(14-21-8-4-3-5-9-21)20-15-12-18-17(19-13-15)22-10-6-1-2-7-11-22/h12-13H,1-11,14H2,(H,20,23). The molecule has 1 N–H and O–H groups in total. The van der Waals surface area contributed by atoms with E-state index in [9.17, 15) is 4.79 Å². The smallest absolute Gasteiger partial charge is 0.238 e. The minimum absolute atomic E-state index is 0.0259. The number of nitrogens with one attached hydrogen (secondary N) is 1. The SMILES string of the molecule is O=C(CN1CCCCC1)Nc1cnc(N2CCCCCC2)nc1. The molecule has 2 aliphatic rings. The molecule has 1 aromatic heterocycles. The van der Waals surface area contributed by atoms with Crippen molar-refractivity contribution >= 4 is 17.5 Å². The van der Waals surface area contributed by atoms with Crippen LogP contribution >= 0.6 is 0 Å². The van der Waals surface area contributed by atoms with Crippen molar-refractivity contribution in [2.24, 2.45) is 0 Å². The molecule has 23 heavy (non-hydrogen) atoms. The molecule has 0 aliphatic carbocycles. The van der Waals surface area contributed by atoms with Crippen LogP contribution in [-0.4, -0.2) is 53.5 Å². The highest BCUT2D eigenvalue weighted by Gasteiger charge is 2.15. The van der Waals surface area contributed by atoms with Gasteiger partial charge in [-0.25, -0.2) is 9.97 Å². The van der Waals surface area contributed by atoms with Crippen molar-refractivity contribution in [3.05, 3.63) is 12.4 Å². The molecule has 2 aliphatic heterocycles. The highest BCUT2D eigenvalue weighted by atomic mass is 16.2. The number of rotatable bonds is 4. The Morgan fingerprint density at radius 1 is 0.913 bits per heavy atom. The summed E-state index contributed by atoms with van der Waals surface area (Å²) in [5.74, 6) is 0.805. The zero-order chi connectivity index (χ0) is 15.9. The average molecular weight is 317 g/mol. The van der Waals surface area contributed by atoms with Crippen LogP contribution in [-0.2, 0) is 4.79 Å². The van der Waals surface area contributed by atoms with Gasteiger partial charge in [0.2, 0.25) is 11.9 Å². The summed E-state index contributed by atoms with van der Waals surface area (Å²) in [6, 6.07) is 0. The van der Waals surface area contributed by atoms with Gasteiger partial charge in [0, 0.05) is 13.1 Å². The van der Waals surface area contributed by atoms with E-state index in [4.69, 9.17) is 0 Å². The second kappa shape index (κ2) is 8.24. The molecule has 0 unspecified atom stereocenters. The maximum Gasteiger partial charge on any atom is 0.238 e. The number of nitrogens with zero attached hydrogens (tertiary/aromatic N) is 4. The summed E-state index contributed by atoms with van der Waals surface area (Å²) >= 11 is 0. The summed E-state index contributed by atoms with van der Waals surface area (Å²) in [6.45, 7) is 4.57. The number of carbonyl (C=O) groups is 1. The Balaban J connectivity index is 1.51. The van der Waals surface area contributed by atoms with Gasteiger partial charge in [-0.15, -0.1) is 0 Å². The first-order chi connectivity index (χ1) is 11.3. The lowest BCUT2D eigenvalue weighted by atomic mass is 10.1. The van der Waals surface area contributed by atoms with Gasteiger partial charge >= 0.3 is 0 Å². The largest absolute Gasteiger partial charge is 0.341 e. The molecular formula is C17H27N5O. The van der Waals surface area contributed by atoms with E-state index in [1.165, 1.54) is 44.9 Å². The number of anilines is 2. The maximum absolute atomic E-state index is 12.1. The Hall–Kier alpha value is -1.69. The van der Waals surface area contributed by atoms with Crippen molar-refractivity contribution in [1.82, 2.24) is 14.9 Å². The van der Waals surface area contributed by atoms with Crippen LogP contribution in [0.15, 0.2) is 12.4 Å². The lowest BCUT2D eigenvalue weighted by molar-refractivity contribution is -0.117. The summed E-state index contributed by atoms with van der Waals surface area (Å²) in [4.78, 5) is 25.4. The van der Waals surface area contributed by atoms with Crippen LogP contribution in [0.3, 0.4) is 0 Å². The molecule has 126 valence electrons. The summed E-state index contributed by atoms with van der Waals surface area (Å²) in [6.07, 6.45) is 12.1. The topological polar surface area (TPSA) is 61.4 Å². The fraction of sp³-hybridized carbons (Fsp3) is 0.706. The number of likely N-dealkylation sites (tertiary alicyclic amines) is 1.